The summed E-state index contributed by atoms with van der Waals surface area (Å²) in [6, 6.07) is 23.8. The fourth-order valence-corrected chi connectivity index (χ4v) is 4.49. The normalized spacial score (nSPS) is 21.6. The van der Waals surface area contributed by atoms with Crippen molar-refractivity contribution in [3.8, 4) is 5.75 Å². The quantitative estimate of drug-likeness (QED) is 0.568. The van der Waals surface area contributed by atoms with Gasteiger partial charge in [-0.05, 0) is 17.7 Å². The zero-order valence-corrected chi connectivity index (χ0v) is 13.9. The Bertz CT molecular complexity index is 1140. The molecule has 6 rings (SSSR count). The Morgan fingerprint density at radius 3 is 2.35 bits per heavy atom. The van der Waals surface area contributed by atoms with Crippen molar-refractivity contribution in [2.24, 2.45) is 0 Å². The summed E-state index contributed by atoms with van der Waals surface area (Å²) < 4.78 is 12.5. The molecule has 124 valence electrons. The Hall–Kier alpha value is -3.33. The van der Waals surface area contributed by atoms with Crippen molar-refractivity contribution in [2.75, 3.05) is 0 Å². The van der Waals surface area contributed by atoms with E-state index in [9.17, 15) is 4.79 Å². The summed E-state index contributed by atoms with van der Waals surface area (Å²) in [7, 11) is 0. The number of carbonyl (C=O) groups excluding carboxylic acids is 1. The maximum absolute atomic E-state index is 12.7. The van der Waals surface area contributed by atoms with Gasteiger partial charge in [-0.25, -0.2) is 4.79 Å². The molecule has 1 unspecified atom stereocenters. The van der Waals surface area contributed by atoms with Crippen LogP contribution in [0.3, 0.4) is 0 Å². The number of carbonyl (C=O) groups is 1. The van der Waals surface area contributed by atoms with Crippen molar-refractivity contribution in [3.05, 3.63) is 106 Å². The van der Waals surface area contributed by atoms with Gasteiger partial charge in [0, 0.05) is 28.7 Å². The molecular weight excluding hydrogens is 324 g/mol. The summed E-state index contributed by atoms with van der Waals surface area (Å²) in [6.07, 6.45) is 0.710. The number of hydrogen-bond acceptors (Lipinski definition) is 3. The summed E-state index contributed by atoms with van der Waals surface area (Å²) >= 11 is 0. The Labute approximate surface area is 150 Å². The minimum atomic E-state index is -0.906. The van der Waals surface area contributed by atoms with Gasteiger partial charge in [-0.15, -0.1) is 0 Å². The van der Waals surface area contributed by atoms with Crippen molar-refractivity contribution in [1.82, 2.24) is 0 Å². The van der Waals surface area contributed by atoms with Crippen LogP contribution in [0.1, 0.15) is 32.6 Å². The van der Waals surface area contributed by atoms with Gasteiger partial charge in [0.05, 0.1) is 5.56 Å². The zero-order chi connectivity index (χ0) is 17.3. The highest BCUT2D eigenvalue weighted by Crippen LogP contribution is 2.57. The topological polar surface area (TPSA) is 35.5 Å². The minimum absolute atomic E-state index is 0.278. The van der Waals surface area contributed by atoms with Crippen molar-refractivity contribution < 1.29 is 14.3 Å². The molecule has 2 aliphatic heterocycles. The van der Waals surface area contributed by atoms with Crippen LogP contribution in [0.5, 0.6) is 5.75 Å². The molecule has 0 radical (unpaired) electrons. The minimum Gasteiger partial charge on any atom is -0.456 e. The lowest BCUT2D eigenvalue weighted by atomic mass is 9.77. The number of ether oxygens (including phenoxy) is 2. The number of hydrogen-bond donors (Lipinski definition) is 0. The van der Waals surface area contributed by atoms with Crippen LogP contribution in [0, 0.1) is 0 Å². The first-order chi connectivity index (χ1) is 12.8. The predicted molar refractivity (Wildman–Crippen MR) is 96.8 cm³/mol. The van der Waals surface area contributed by atoms with Crippen molar-refractivity contribution >= 4 is 11.7 Å². The van der Waals surface area contributed by atoms with Crippen LogP contribution in [-0.4, -0.2) is 5.97 Å². The number of para-hydroxylation sites is 1. The SMILES string of the molecule is O=C1OC2(C3=C(Oc4ccccc42)c2ccccc2C3)c2ccccc21. The first-order valence-corrected chi connectivity index (χ1v) is 8.71. The molecule has 0 saturated heterocycles. The van der Waals surface area contributed by atoms with Gasteiger partial charge in [0.15, 0.2) is 5.60 Å². The molecule has 0 fully saturated rings. The molecule has 3 aromatic carbocycles. The maximum atomic E-state index is 12.7. The lowest BCUT2D eigenvalue weighted by Gasteiger charge is -2.36. The van der Waals surface area contributed by atoms with E-state index < -0.39 is 5.60 Å². The van der Waals surface area contributed by atoms with Gasteiger partial charge in [0.2, 0.25) is 0 Å². The molecule has 3 nitrogen and oxygen atoms in total. The number of esters is 1. The van der Waals surface area contributed by atoms with Gasteiger partial charge in [-0.1, -0.05) is 60.7 Å². The van der Waals surface area contributed by atoms with E-state index in [1.54, 1.807) is 0 Å². The number of rotatable bonds is 0. The second kappa shape index (κ2) is 4.64. The van der Waals surface area contributed by atoms with Crippen LogP contribution < -0.4 is 4.74 Å². The van der Waals surface area contributed by atoms with Crippen LogP contribution in [-0.2, 0) is 16.8 Å². The molecule has 0 saturated carbocycles. The number of fused-ring (bicyclic) bond motifs is 7. The Morgan fingerprint density at radius 1 is 0.769 bits per heavy atom. The zero-order valence-electron chi connectivity index (χ0n) is 13.9. The Balaban J connectivity index is 1.72. The average Bonchev–Trinajstić information content (AvgIpc) is 3.20. The summed E-state index contributed by atoms with van der Waals surface area (Å²) in [5.41, 5.74) is 4.81. The second-order valence-corrected chi connectivity index (χ2v) is 6.86. The molecule has 1 spiro atoms. The van der Waals surface area contributed by atoms with Gasteiger partial charge >= 0.3 is 5.97 Å². The molecule has 3 aliphatic rings. The Kier molecular flexibility index (Phi) is 2.48. The monoisotopic (exact) mass is 338 g/mol. The van der Waals surface area contributed by atoms with E-state index in [0.29, 0.717) is 12.0 Å². The predicted octanol–water partition coefficient (Wildman–Crippen LogP) is 4.46. The molecule has 0 N–H and O–H groups in total. The van der Waals surface area contributed by atoms with E-state index in [2.05, 4.69) is 12.1 Å². The maximum Gasteiger partial charge on any atom is 0.340 e. The molecule has 0 aromatic heterocycles. The third-order valence-electron chi connectivity index (χ3n) is 5.58. The van der Waals surface area contributed by atoms with Crippen LogP contribution in [0.15, 0.2) is 78.4 Å². The van der Waals surface area contributed by atoms with E-state index >= 15 is 0 Å². The lowest BCUT2D eigenvalue weighted by Crippen LogP contribution is -2.34. The first-order valence-electron chi connectivity index (χ1n) is 8.71. The molecule has 3 aromatic rings. The van der Waals surface area contributed by atoms with E-state index in [-0.39, 0.29) is 5.97 Å². The largest absolute Gasteiger partial charge is 0.456 e. The van der Waals surface area contributed by atoms with E-state index in [4.69, 9.17) is 9.47 Å². The molecule has 0 bridgehead atoms. The fourth-order valence-electron chi connectivity index (χ4n) is 4.49. The fraction of sp³-hybridized carbons (Fsp3) is 0.0870. The van der Waals surface area contributed by atoms with Gasteiger partial charge in [0.1, 0.15) is 11.5 Å². The third-order valence-corrected chi connectivity index (χ3v) is 5.58. The molecule has 26 heavy (non-hydrogen) atoms. The van der Waals surface area contributed by atoms with Crippen LogP contribution in [0.2, 0.25) is 0 Å². The van der Waals surface area contributed by atoms with Gasteiger partial charge in [-0.3, -0.25) is 0 Å². The molecule has 1 aliphatic carbocycles. The van der Waals surface area contributed by atoms with Crippen molar-refractivity contribution in [1.29, 1.82) is 0 Å². The highest BCUT2D eigenvalue weighted by Gasteiger charge is 2.55. The van der Waals surface area contributed by atoms with Crippen LogP contribution >= 0.6 is 0 Å². The summed E-state index contributed by atoms with van der Waals surface area (Å²) in [4.78, 5) is 12.7. The van der Waals surface area contributed by atoms with Gasteiger partial charge in [-0.2, -0.15) is 0 Å². The van der Waals surface area contributed by atoms with Crippen LogP contribution in [0.4, 0.5) is 0 Å². The number of benzene rings is 3. The molecule has 0 amide bonds. The summed E-state index contributed by atoms with van der Waals surface area (Å²) in [5.74, 6) is 1.29. The van der Waals surface area contributed by atoms with Gasteiger partial charge in [0.25, 0.3) is 0 Å². The second-order valence-electron chi connectivity index (χ2n) is 6.86. The molecular formula is C23H14O3. The summed E-state index contributed by atoms with van der Waals surface area (Å²) in [5, 5.41) is 0. The van der Waals surface area contributed by atoms with E-state index in [1.165, 1.54) is 5.56 Å². The highest BCUT2D eigenvalue weighted by atomic mass is 16.6. The van der Waals surface area contributed by atoms with Crippen molar-refractivity contribution in [2.45, 2.75) is 12.0 Å². The van der Waals surface area contributed by atoms with E-state index in [0.717, 1.165) is 33.8 Å². The van der Waals surface area contributed by atoms with E-state index in [1.807, 2.05) is 60.7 Å². The van der Waals surface area contributed by atoms with Crippen LogP contribution in [0.25, 0.3) is 5.76 Å². The third kappa shape index (κ3) is 1.51. The van der Waals surface area contributed by atoms with Gasteiger partial charge < -0.3 is 9.47 Å². The lowest BCUT2D eigenvalue weighted by molar-refractivity contribution is 0.0214. The molecule has 3 heteroatoms. The standard InChI is InChI=1S/C23H14O3/c24-22-16-9-3-4-10-17(16)23(26-22)18-11-5-6-12-20(18)25-21-15-8-2-1-7-14(15)13-19(21)23/h1-12H,13H2. The van der Waals surface area contributed by atoms with Crippen molar-refractivity contribution in [3.63, 3.8) is 0 Å². The first kappa shape index (κ1) is 13.9. The molecule has 1 atom stereocenters. The average molecular weight is 338 g/mol. The summed E-state index contributed by atoms with van der Waals surface area (Å²) in [6.45, 7) is 0. The molecule has 2 heterocycles. The Morgan fingerprint density at radius 2 is 1.46 bits per heavy atom. The highest BCUT2D eigenvalue weighted by molar-refractivity contribution is 5.98. The smallest absolute Gasteiger partial charge is 0.340 e.